The van der Waals surface area contributed by atoms with Crippen molar-refractivity contribution in [3.63, 3.8) is 0 Å². The van der Waals surface area contributed by atoms with Gasteiger partial charge in [-0.3, -0.25) is 19.5 Å². The number of unbranched alkanes of at least 4 members (excludes halogenated alkanes) is 1. The maximum Gasteiger partial charge on any atom is 0.261 e. The van der Waals surface area contributed by atoms with Crippen LogP contribution in [0.15, 0.2) is 29.3 Å². The molecule has 144 valence electrons. The number of fused-ring (bicyclic) bond motifs is 1. The first-order valence-corrected chi connectivity index (χ1v) is 8.94. The van der Waals surface area contributed by atoms with Gasteiger partial charge in [0.05, 0.1) is 11.1 Å². The van der Waals surface area contributed by atoms with Gasteiger partial charge in [-0.25, -0.2) is 0 Å². The Bertz CT molecular complexity index is 611. The fourth-order valence-corrected chi connectivity index (χ4v) is 2.83. The van der Waals surface area contributed by atoms with Gasteiger partial charge in [-0.05, 0) is 24.5 Å². The number of imide groups is 1. The molecule has 1 heterocycles. The Labute approximate surface area is 172 Å². The lowest BCUT2D eigenvalue weighted by Gasteiger charge is -2.16. The van der Waals surface area contributed by atoms with Crippen LogP contribution in [0.1, 0.15) is 53.8 Å². The second-order valence-corrected chi connectivity index (χ2v) is 6.62. The van der Waals surface area contributed by atoms with Gasteiger partial charge < -0.3 is 10.6 Å². The second kappa shape index (κ2) is 11.2. The number of halogens is 1. The molecule has 0 radical (unpaired) electrons. The normalized spacial score (nSPS) is 13.7. The molecule has 0 spiro atoms. The number of hydrogen-bond acceptors (Lipinski definition) is 3. The van der Waals surface area contributed by atoms with E-state index in [1.54, 1.807) is 31.3 Å². The van der Waals surface area contributed by atoms with Crippen LogP contribution in [-0.4, -0.2) is 49.4 Å². The molecule has 0 saturated heterocycles. The van der Waals surface area contributed by atoms with Gasteiger partial charge in [0.15, 0.2) is 5.96 Å². The summed E-state index contributed by atoms with van der Waals surface area (Å²) in [4.78, 5) is 30.0. The van der Waals surface area contributed by atoms with Crippen molar-refractivity contribution in [2.24, 2.45) is 10.9 Å². The van der Waals surface area contributed by atoms with Gasteiger partial charge in [-0.15, -0.1) is 24.0 Å². The van der Waals surface area contributed by atoms with Crippen LogP contribution in [0.3, 0.4) is 0 Å². The number of carbonyl (C=O) groups is 2. The molecule has 6 nitrogen and oxygen atoms in total. The standard InChI is InChI=1S/C19H28N4O2.HI/c1-14(2)8-6-7-11-21-19(20-3)22-12-13-23-17(24)15-9-4-5-10-16(15)18(23)25;/h4-5,9-10,14H,6-8,11-13H2,1-3H3,(H2,20,21,22);1H. The number of carbonyl (C=O) groups excluding carboxylic acids is 2. The molecule has 0 unspecified atom stereocenters. The van der Waals surface area contributed by atoms with E-state index >= 15 is 0 Å². The van der Waals surface area contributed by atoms with Gasteiger partial charge in [0.1, 0.15) is 0 Å². The Hall–Kier alpha value is -1.64. The number of guanidine groups is 1. The van der Waals surface area contributed by atoms with E-state index < -0.39 is 0 Å². The third kappa shape index (κ3) is 5.96. The highest BCUT2D eigenvalue weighted by molar-refractivity contribution is 14.0. The van der Waals surface area contributed by atoms with Crippen molar-refractivity contribution in [1.82, 2.24) is 15.5 Å². The van der Waals surface area contributed by atoms with Gasteiger partial charge in [0.25, 0.3) is 11.8 Å². The van der Waals surface area contributed by atoms with Crippen LogP contribution in [-0.2, 0) is 0 Å². The van der Waals surface area contributed by atoms with Gasteiger partial charge in [0.2, 0.25) is 0 Å². The van der Waals surface area contributed by atoms with Crippen LogP contribution in [0.5, 0.6) is 0 Å². The summed E-state index contributed by atoms with van der Waals surface area (Å²) in [6.07, 6.45) is 3.52. The molecular weight excluding hydrogens is 443 g/mol. The number of nitrogens with zero attached hydrogens (tertiary/aromatic N) is 2. The van der Waals surface area contributed by atoms with E-state index in [0.717, 1.165) is 18.9 Å². The fraction of sp³-hybridized carbons (Fsp3) is 0.526. The number of rotatable bonds is 8. The summed E-state index contributed by atoms with van der Waals surface area (Å²) in [5, 5.41) is 6.42. The van der Waals surface area contributed by atoms with Crippen LogP contribution in [0.4, 0.5) is 0 Å². The van der Waals surface area contributed by atoms with E-state index in [1.165, 1.54) is 17.7 Å². The summed E-state index contributed by atoms with van der Waals surface area (Å²) in [7, 11) is 1.71. The molecule has 2 amide bonds. The molecule has 2 rings (SSSR count). The summed E-state index contributed by atoms with van der Waals surface area (Å²) in [6.45, 7) is 6.11. The number of aliphatic imine (C=N–C) groups is 1. The molecule has 2 N–H and O–H groups in total. The zero-order valence-corrected chi connectivity index (χ0v) is 18.1. The third-order valence-corrected chi connectivity index (χ3v) is 4.23. The first kappa shape index (κ1) is 22.4. The minimum absolute atomic E-state index is 0. The summed E-state index contributed by atoms with van der Waals surface area (Å²) < 4.78 is 0. The van der Waals surface area contributed by atoms with Crippen LogP contribution in [0.25, 0.3) is 0 Å². The molecular formula is C19H29IN4O2. The molecule has 1 aromatic carbocycles. The van der Waals surface area contributed by atoms with Gasteiger partial charge in [-0.1, -0.05) is 38.8 Å². The van der Waals surface area contributed by atoms with E-state index in [4.69, 9.17) is 0 Å². The molecule has 26 heavy (non-hydrogen) atoms. The van der Waals surface area contributed by atoms with E-state index in [2.05, 4.69) is 29.5 Å². The van der Waals surface area contributed by atoms with Crippen molar-refractivity contribution < 1.29 is 9.59 Å². The second-order valence-electron chi connectivity index (χ2n) is 6.62. The zero-order chi connectivity index (χ0) is 18.2. The van der Waals surface area contributed by atoms with Gasteiger partial charge >= 0.3 is 0 Å². The van der Waals surface area contributed by atoms with Crippen molar-refractivity contribution in [1.29, 1.82) is 0 Å². The minimum atomic E-state index is -0.223. The predicted octanol–water partition coefficient (Wildman–Crippen LogP) is 2.89. The lowest BCUT2D eigenvalue weighted by atomic mass is 10.1. The minimum Gasteiger partial charge on any atom is -0.356 e. The Balaban J connectivity index is 0.00000338. The first-order chi connectivity index (χ1) is 12.0. The molecule has 0 aromatic heterocycles. The summed E-state index contributed by atoms with van der Waals surface area (Å²) >= 11 is 0. The predicted molar refractivity (Wildman–Crippen MR) is 115 cm³/mol. The van der Waals surface area contributed by atoms with Crippen molar-refractivity contribution in [3.05, 3.63) is 35.4 Å². The highest BCUT2D eigenvalue weighted by atomic mass is 127. The number of benzene rings is 1. The van der Waals surface area contributed by atoms with Crippen molar-refractivity contribution in [2.75, 3.05) is 26.7 Å². The summed E-state index contributed by atoms with van der Waals surface area (Å²) in [6, 6.07) is 6.94. The fourth-order valence-electron chi connectivity index (χ4n) is 2.83. The lowest BCUT2D eigenvalue weighted by Crippen LogP contribution is -2.43. The molecule has 1 aliphatic rings. The van der Waals surface area contributed by atoms with E-state index in [-0.39, 0.29) is 35.8 Å². The third-order valence-electron chi connectivity index (χ3n) is 4.23. The zero-order valence-electron chi connectivity index (χ0n) is 15.7. The Morgan fingerprint density at radius 3 is 2.15 bits per heavy atom. The number of amides is 2. The summed E-state index contributed by atoms with van der Waals surface area (Å²) in [5.41, 5.74) is 0.973. The molecule has 1 aromatic rings. The van der Waals surface area contributed by atoms with Gasteiger partial charge in [0, 0.05) is 26.7 Å². The van der Waals surface area contributed by atoms with E-state index in [1.807, 2.05) is 0 Å². The van der Waals surface area contributed by atoms with Crippen LogP contribution >= 0.6 is 24.0 Å². The maximum absolute atomic E-state index is 12.3. The average molecular weight is 472 g/mol. The highest BCUT2D eigenvalue weighted by Gasteiger charge is 2.34. The Kier molecular flexibility index (Phi) is 9.61. The molecule has 0 atom stereocenters. The molecule has 0 saturated carbocycles. The highest BCUT2D eigenvalue weighted by Crippen LogP contribution is 2.21. The van der Waals surface area contributed by atoms with Crippen molar-refractivity contribution in [3.8, 4) is 0 Å². The molecule has 1 aliphatic heterocycles. The maximum atomic E-state index is 12.3. The molecule has 7 heteroatoms. The monoisotopic (exact) mass is 472 g/mol. The molecule has 0 bridgehead atoms. The lowest BCUT2D eigenvalue weighted by molar-refractivity contribution is 0.0657. The smallest absolute Gasteiger partial charge is 0.261 e. The van der Waals surface area contributed by atoms with Crippen molar-refractivity contribution >= 4 is 41.8 Å². The van der Waals surface area contributed by atoms with Gasteiger partial charge in [-0.2, -0.15) is 0 Å². The topological polar surface area (TPSA) is 73.8 Å². The average Bonchev–Trinajstić information content (AvgIpc) is 2.84. The molecule has 0 fully saturated rings. The van der Waals surface area contributed by atoms with Crippen LogP contribution in [0.2, 0.25) is 0 Å². The molecule has 0 aliphatic carbocycles. The largest absolute Gasteiger partial charge is 0.356 e. The summed E-state index contributed by atoms with van der Waals surface area (Å²) in [5.74, 6) is 0.983. The first-order valence-electron chi connectivity index (χ1n) is 8.94. The Morgan fingerprint density at radius 2 is 1.62 bits per heavy atom. The van der Waals surface area contributed by atoms with E-state index in [9.17, 15) is 9.59 Å². The number of nitrogens with one attached hydrogen (secondary N) is 2. The van der Waals surface area contributed by atoms with Crippen LogP contribution in [0, 0.1) is 5.92 Å². The SMILES string of the molecule is CN=C(NCCCCC(C)C)NCCN1C(=O)c2ccccc2C1=O.I. The number of hydrogen-bond donors (Lipinski definition) is 2. The van der Waals surface area contributed by atoms with E-state index in [0.29, 0.717) is 30.2 Å². The Morgan fingerprint density at radius 1 is 1.04 bits per heavy atom. The van der Waals surface area contributed by atoms with Crippen molar-refractivity contribution in [2.45, 2.75) is 33.1 Å². The van der Waals surface area contributed by atoms with Crippen LogP contribution < -0.4 is 10.6 Å². The quantitative estimate of drug-likeness (QED) is 0.201.